The molecule has 23 heavy (non-hydrogen) atoms. The summed E-state index contributed by atoms with van der Waals surface area (Å²) in [5.41, 5.74) is 1.46. The number of nitrogens with one attached hydrogen (secondary N) is 2. The second-order valence-corrected chi connectivity index (χ2v) is 5.93. The molecule has 0 unspecified atom stereocenters. The quantitative estimate of drug-likeness (QED) is 0.878. The van der Waals surface area contributed by atoms with Gasteiger partial charge in [0.05, 0.1) is 6.20 Å². The maximum absolute atomic E-state index is 12.1. The van der Waals surface area contributed by atoms with Gasteiger partial charge in [-0.05, 0) is 37.5 Å². The van der Waals surface area contributed by atoms with Gasteiger partial charge in [0.15, 0.2) is 5.82 Å². The van der Waals surface area contributed by atoms with Gasteiger partial charge < -0.3 is 10.6 Å². The Labute approximate surface area is 138 Å². The Kier molecular flexibility index (Phi) is 4.29. The number of halogens is 1. The fraction of sp³-hybridized carbons (Fsp3) is 0.333. The summed E-state index contributed by atoms with van der Waals surface area (Å²) in [4.78, 5) is 23.7. The summed E-state index contributed by atoms with van der Waals surface area (Å²) in [6.45, 7) is 1.83. The number of anilines is 2. The molecule has 3 rings (SSSR count). The van der Waals surface area contributed by atoms with Crippen molar-refractivity contribution >= 4 is 34.9 Å². The van der Waals surface area contributed by atoms with Gasteiger partial charge in [-0.2, -0.15) is 0 Å². The molecule has 0 radical (unpaired) electrons. The topological polar surface area (TPSA) is 88.9 Å². The number of carbonyl (C=O) groups excluding carboxylic acids is 2. The van der Waals surface area contributed by atoms with E-state index in [0.717, 1.165) is 18.4 Å². The molecule has 1 heterocycles. The smallest absolute Gasteiger partial charge is 0.246 e. The van der Waals surface area contributed by atoms with Crippen molar-refractivity contribution in [3.8, 4) is 0 Å². The third-order valence-electron chi connectivity index (χ3n) is 3.59. The molecular formula is C15H16ClN5O2. The molecule has 1 aromatic heterocycles. The summed E-state index contributed by atoms with van der Waals surface area (Å²) >= 11 is 6.02. The Balaban J connectivity index is 1.58. The molecule has 0 aliphatic heterocycles. The average Bonchev–Trinajstić information content (AvgIpc) is 3.27. The molecule has 120 valence electrons. The highest BCUT2D eigenvalue weighted by atomic mass is 35.5. The first kappa shape index (κ1) is 15.5. The summed E-state index contributed by atoms with van der Waals surface area (Å²) in [5, 5.41) is 13.7. The van der Waals surface area contributed by atoms with Crippen LogP contribution in [0.1, 0.15) is 18.4 Å². The number of amides is 2. The molecule has 1 aliphatic rings. The van der Waals surface area contributed by atoms with Crippen LogP contribution in [0.5, 0.6) is 0 Å². The maximum atomic E-state index is 12.1. The second-order valence-electron chi connectivity index (χ2n) is 5.53. The highest BCUT2D eigenvalue weighted by Crippen LogP contribution is 2.29. The minimum atomic E-state index is -0.250. The Bertz CT molecular complexity index is 754. The van der Waals surface area contributed by atoms with Crippen LogP contribution in [-0.4, -0.2) is 26.8 Å². The van der Waals surface area contributed by atoms with E-state index in [1.54, 1.807) is 18.2 Å². The lowest BCUT2D eigenvalue weighted by Crippen LogP contribution is -2.19. The lowest BCUT2D eigenvalue weighted by molar-refractivity contribution is -0.117. The van der Waals surface area contributed by atoms with E-state index in [1.807, 2.05) is 6.92 Å². The summed E-state index contributed by atoms with van der Waals surface area (Å²) < 4.78 is 1.37. The Hall–Kier alpha value is -2.41. The first-order valence-corrected chi connectivity index (χ1v) is 7.66. The summed E-state index contributed by atoms with van der Waals surface area (Å²) in [7, 11) is 0. The Morgan fingerprint density at radius 1 is 1.35 bits per heavy atom. The van der Waals surface area contributed by atoms with Gasteiger partial charge >= 0.3 is 0 Å². The van der Waals surface area contributed by atoms with Crippen molar-refractivity contribution < 1.29 is 9.59 Å². The number of nitrogens with zero attached hydrogens (tertiary/aromatic N) is 3. The van der Waals surface area contributed by atoms with Crippen LogP contribution < -0.4 is 10.6 Å². The van der Waals surface area contributed by atoms with Crippen molar-refractivity contribution in [1.29, 1.82) is 0 Å². The standard InChI is InChI=1S/C15H16ClN5O2/c1-9-11(16)3-2-4-12(9)17-14(22)8-21-7-13(19-20-21)18-15(23)10-5-6-10/h2-4,7,10H,5-6,8H2,1H3,(H,17,22)(H,18,23). The van der Waals surface area contributed by atoms with E-state index in [0.29, 0.717) is 16.5 Å². The number of benzene rings is 1. The monoisotopic (exact) mass is 333 g/mol. The van der Waals surface area contributed by atoms with E-state index in [4.69, 9.17) is 11.6 Å². The highest BCUT2D eigenvalue weighted by molar-refractivity contribution is 6.31. The van der Waals surface area contributed by atoms with Gasteiger partial charge in [0.25, 0.3) is 0 Å². The van der Waals surface area contributed by atoms with Crippen molar-refractivity contribution in [3.63, 3.8) is 0 Å². The molecule has 1 aliphatic carbocycles. The minimum Gasteiger partial charge on any atom is -0.324 e. The largest absolute Gasteiger partial charge is 0.324 e. The zero-order chi connectivity index (χ0) is 16.4. The third-order valence-corrected chi connectivity index (χ3v) is 3.99. The summed E-state index contributed by atoms with van der Waals surface area (Å²) in [5.74, 6) is 0.152. The molecule has 8 heteroatoms. The van der Waals surface area contributed by atoms with Crippen molar-refractivity contribution in [2.75, 3.05) is 10.6 Å². The zero-order valence-corrected chi connectivity index (χ0v) is 13.3. The van der Waals surface area contributed by atoms with Crippen molar-refractivity contribution in [3.05, 3.63) is 35.0 Å². The highest BCUT2D eigenvalue weighted by Gasteiger charge is 2.30. The van der Waals surface area contributed by atoms with E-state index in [2.05, 4.69) is 20.9 Å². The van der Waals surface area contributed by atoms with Crippen molar-refractivity contribution in [2.45, 2.75) is 26.3 Å². The number of rotatable bonds is 5. The summed E-state index contributed by atoms with van der Waals surface area (Å²) in [6.07, 6.45) is 3.37. The number of hydrogen-bond acceptors (Lipinski definition) is 4. The van der Waals surface area contributed by atoms with Gasteiger partial charge in [-0.15, -0.1) is 5.10 Å². The molecule has 2 N–H and O–H groups in total. The molecule has 7 nitrogen and oxygen atoms in total. The minimum absolute atomic E-state index is 0.00173. The molecule has 0 saturated heterocycles. The van der Waals surface area contributed by atoms with E-state index < -0.39 is 0 Å². The van der Waals surface area contributed by atoms with Gasteiger partial charge in [-0.25, -0.2) is 4.68 Å². The van der Waals surface area contributed by atoms with Gasteiger partial charge in [-0.1, -0.05) is 22.9 Å². The lowest BCUT2D eigenvalue weighted by Gasteiger charge is -2.09. The normalized spacial score (nSPS) is 13.7. The molecule has 2 amide bonds. The number of hydrogen-bond donors (Lipinski definition) is 2. The SMILES string of the molecule is Cc1c(Cl)cccc1NC(=O)Cn1cc(NC(=O)C2CC2)nn1. The van der Waals surface area contributed by atoms with Crippen molar-refractivity contribution in [2.24, 2.45) is 5.92 Å². The molecule has 0 atom stereocenters. The van der Waals surface area contributed by atoms with Crippen LogP contribution in [0.15, 0.2) is 24.4 Å². The first-order valence-electron chi connectivity index (χ1n) is 7.29. The fourth-order valence-corrected chi connectivity index (χ4v) is 2.26. The Morgan fingerprint density at radius 3 is 2.87 bits per heavy atom. The number of carbonyl (C=O) groups is 2. The van der Waals surface area contributed by atoms with Gasteiger partial charge in [0, 0.05) is 16.6 Å². The predicted octanol–water partition coefficient (Wildman–Crippen LogP) is 2.23. The van der Waals surface area contributed by atoms with Crippen LogP contribution in [0.3, 0.4) is 0 Å². The van der Waals surface area contributed by atoms with Gasteiger partial charge in [0.1, 0.15) is 6.54 Å². The lowest BCUT2D eigenvalue weighted by atomic mass is 10.2. The molecule has 1 saturated carbocycles. The maximum Gasteiger partial charge on any atom is 0.246 e. The molecule has 0 bridgehead atoms. The van der Waals surface area contributed by atoms with Crippen LogP contribution in [-0.2, 0) is 16.1 Å². The third kappa shape index (κ3) is 3.87. The van der Waals surface area contributed by atoms with Gasteiger partial charge in [0.2, 0.25) is 11.8 Å². The molecule has 2 aromatic rings. The zero-order valence-electron chi connectivity index (χ0n) is 12.5. The van der Waals surface area contributed by atoms with Crippen LogP contribution >= 0.6 is 11.6 Å². The first-order chi connectivity index (χ1) is 11.0. The molecular weight excluding hydrogens is 318 g/mol. The average molecular weight is 334 g/mol. The van der Waals surface area contributed by atoms with Crippen LogP contribution in [0.4, 0.5) is 11.5 Å². The van der Waals surface area contributed by atoms with Crippen molar-refractivity contribution in [1.82, 2.24) is 15.0 Å². The molecule has 0 spiro atoms. The van der Waals surface area contributed by atoms with Crippen LogP contribution in [0, 0.1) is 12.8 Å². The van der Waals surface area contributed by atoms with Crippen LogP contribution in [0.25, 0.3) is 0 Å². The van der Waals surface area contributed by atoms with E-state index in [1.165, 1.54) is 10.9 Å². The second kappa shape index (κ2) is 6.37. The summed E-state index contributed by atoms with van der Waals surface area (Å²) in [6, 6.07) is 5.31. The molecule has 1 fully saturated rings. The van der Waals surface area contributed by atoms with E-state index in [-0.39, 0.29) is 24.3 Å². The van der Waals surface area contributed by atoms with E-state index in [9.17, 15) is 9.59 Å². The molecule has 1 aromatic carbocycles. The fourth-order valence-electron chi connectivity index (χ4n) is 2.09. The van der Waals surface area contributed by atoms with E-state index >= 15 is 0 Å². The Morgan fingerprint density at radius 2 is 2.13 bits per heavy atom. The number of aromatic nitrogens is 3. The van der Waals surface area contributed by atoms with Gasteiger partial charge in [-0.3, -0.25) is 9.59 Å². The van der Waals surface area contributed by atoms with Crippen LogP contribution in [0.2, 0.25) is 5.02 Å². The predicted molar refractivity (Wildman–Crippen MR) is 86.2 cm³/mol.